The molecule has 0 saturated carbocycles. The van der Waals surface area contributed by atoms with Crippen LogP contribution in [0.3, 0.4) is 0 Å². The quantitative estimate of drug-likeness (QED) is 0.679. The number of benzene rings is 2. The van der Waals surface area contributed by atoms with Gasteiger partial charge in [0.1, 0.15) is 5.01 Å². The van der Waals surface area contributed by atoms with E-state index >= 15 is 0 Å². The molecule has 0 aliphatic heterocycles. The predicted molar refractivity (Wildman–Crippen MR) is 81.1 cm³/mol. The summed E-state index contributed by atoms with van der Waals surface area (Å²) in [7, 11) is 1.69. The Morgan fingerprint density at radius 1 is 1.00 bits per heavy atom. The standard InChI is InChI=1S/C16H15NOS/c1-10-4-5-13-9-14(7-6-12(13)8-10)15-17-11(2)16(18-3)19-15/h4-9H,1-3H3. The molecule has 1 aromatic heterocycles. The number of thiazole rings is 1. The zero-order chi connectivity index (χ0) is 13.4. The summed E-state index contributed by atoms with van der Waals surface area (Å²) in [5.41, 5.74) is 3.38. The van der Waals surface area contributed by atoms with Gasteiger partial charge < -0.3 is 4.74 Å². The lowest BCUT2D eigenvalue weighted by molar-refractivity contribution is 0.423. The largest absolute Gasteiger partial charge is 0.486 e. The second-order valence-electron chi connectivity index (χ2n) is 4.66. The normalized spacial score (nSPS) is 10.9. The number of aryl methyl sites for hydroxylation is 2. The third-order valence-electron chi connectivity index (χ3n) is 3.18. The number of hydrogen-bond acceptors (Lipinski definition) is 3. The molecule has 19 heavy (non-hydrogen) atoms. The van der Waals surface area contributed by atoms with Gasteiger partial charge in [-0.05, 0) is 30.7 Å². The summed E-state index contributed by atoms with van der Waals surface area (Å²) in [6.45, 7) is 4.09. The SMILES string of the molecule is COc1sc(-c2ccc3cc(C)ccc3c2)nc1C. The zero-order valence-corrected chi connectivity index (χ0v) is 12.0. The van der Waals surface area contributed by atoms with E-state index in [4.69, 9.17) is 4.74 Å². The Hall–Kier alpha value is -1.87. The van der Waals surface area contributed by atoms with Gasteiger partial charge in [-0.15, -0.1) is 0 Å². The Balaban J connectivity index is 2.11. The molecule has 1 heterocycles. The highest BCUT2D eigenvalue weighted by Crippen LogP contribution is 2.34. The molecule has 2 aromatic carbocycles. The van der Waals surface area contributed by atoms with Gasteiger partial charge in [0.25, 0.3) is 0 Å². The molecule has 2 nitrogen and oxygen atoms in total. The van der Waals surface area contributed by atoms with E-state index in [1.807, 2.05) is 6.92 Å². The molecule has 0 spiro atoms. The third-order valence-corrected chi connectivity index (χ3v) is 4.35. The summed E-state index contributed by atoms with van der Waals surface area (Å²) in [6.07, 6.45) is 0. The van der Waals surface area contributed by atoms with Crippen molar-refractivity contribution >= 4 is 22.1 Å². The maximum atomic E-state index is 5.31. The predicted octanol–water partition coefficient (Wildman–Crippen LogP) is 4.59. The van der Waals surface area contributed by atoms with Gasteiger partial charge in [0.15, 0.2) is 5.06 Å². The van der Waals surface area contributed by atoms with Crippen LogP contribution < -0.4 is 4.74 Å². The first-order valence-electron chi connectivity index (χ1n) is 6.19. The van der Waals surface area contributed by atoms with Crippen molar-refractivity contribution in [2.75, 3.05) is 7.11 Å². The molecule has 0 bridgehead atoms. The Kier molecular flexibility index (Phi) is 2.99. The van der Waals surface area contributed by atoms with E-state index in [0.717, 1.165) is 21.3 Å². The average molecular weight is 269 g/mol. The molecule has 0 fully saturated rings. The molecule has 3 aromatic rings. The number of aromatic nitrogens is 1. The van der Waals surface area contributed by atoms with Crippen molar-refractivity contribution in [3.63, 3.8) is 0 Å². The lowest BCUT2D eigenvalue weighted by Gasteiger charge is -2.02. The van der Waals surface area contributed by atoms with E-state index < -0.39 is 0 Å². The molecule has 3 rings (SSSR count). The lowest BCUT2D eigenvalue weighted by Crippen LogP contribution is -1.81. The second-order valence-corrected chi connectivity index (χ2v) is 5.62. The van der Waals surface area contributed by atoms with Crippen LogP contribution in [0.5, 0.6) is 5.06 Å². The molecular formula is C16H15NOS. The minimum Gasteiger partial charge on any atom is -0.486 e. The van der Waals surface area contributed by atoms with Crippen LogP contribution in [0.25, 0.3) is 21.3 Å². The van der Waals surface area contributed by atoms with Crippen molar-refractivity contribution in [1.82, 2.24) is 4.98 Å². The van der Waals surface area contributed by atoms with Crippen LogP contribution in [0.1, 0.15) is 11.3 Å². The first-order chi connectivity index (χ1) is 9.17. The van der Waals surface area contributed by atoms with Crippen molar-refractivity contribution < 1.29 is 4.74 Å². The van der Waals surface area contributed by atoms with Crippen molar-refractivity contribution in [3.8, 4) is 15.6 Å². The first kappa shape index (κ1) is 12.2. The summed E-state index contributed by atoms with van der Waals surface area (Å²) < 4.78 is 5.31. The van der Waals surface area contributed by atoms with E-state index in [1.54, 1.807) is 18.4 Å². The average Bonchev–Trinajstić information content (AvgIpc) is 2.79. The van der Waals surface area contributed by atoms with Crippen LogP contribution in [0, 0.1) is 13.8 Å². The highest BCUT2D eigenvalue weighted by atomic mass is 32.1. The Labute approximate surface area is 116 Å². The molecule has 0 aliphatic rings. The van der Waals surface area contributed by atoms with Gasteiger partial charge in [-0.2, -0.15) is 0 Å². The highest BCUT2D eigenvalue weighted by molar-refractivity contribution is 7.17. The van der Waals surface area contributed by atoms with Gasteiger partial charge in [-0.1, -0.05) is 47.2 Å². The number of ether oxygens (including phenoxy) is 1. The van der Waals surface area contributed by atoms with E-state index in [-0.39, 0.29) is 0 Å². The van der Waals surface area contributed by atoms with Crippen LogP contribution in [-0.4, -0.2) is 12.1 Å². The van der Waals surface area contributed by atoms with Gasteiger partial charge in [-0.3, -0.25) is 0 Å². The van der Waals surface area contributed by atoms with Gasteiger partial charge in [-0.25, -0.2) is 4.98 Å². The smallest absolute Gasteiger partial charge is 0.197 e. The monoisotopic (exact) mass is 269 g/mol. The van der Waals surface area contributed by atoms with Crippen LogP contribution in [0.15, 0.2) is 36.4 Å². The number of hydrogen-bond donors (Lipinski definition) is 0. The maximum Gasteiger partial charge on any atom is 0.197 e. The van der Waals surface area contributed by atoms with Crippen LogP contribution in [0.4, 0.5) is 0 Å². The summed E-state index contributed by atoms with van der Waals surface area (Å²) in [4.78, 5) is 4.57. The number of nitrogens with zero attached hydrogens (tertiary/aromatic N) is 1. The van der Waals surface area contributed by atoms with Crippen molar-refractivity contribution in [2.24, 2.45) is 0 Å². The summed E-state index contributed by atoms with van der Waals surface area (Å²) >= 11 is 1.59. The van der Waals surface area contributed by atoms with Gasteiger partial charge >= 0.3 is 0 Å². The van der Waals surface area contributed by atoms with E-state index in [9.17, 15) is 0 Å². The number of fused-ring (bicyclic) bond motifs is 1. The van der Waals surface area contributed by atoms with Gasteiger partial charge in [0.05, 0.1) is 12.8 Å². The fourth-order valence-corrected chi connectivity index (χ4v) is 3.07. The van der Waals surface area contributed by atoms with Crippen molar-refractivity contribution in [2.45, 2.75) is 13.8 Å². The molecule has 0 radical (unpaired) electrons. The fourth-order valence-electron chi connectivity index (χ4n) is 2.19. The Morgan fingerprint density at radius 3 is 2.47 bits per heavy atom. The minimum atomic E-state index is 0.888. The fraction of sp³-hybridized carbons (Fsp3) is 0.188. The molecule has 0 unspecified atom stereocenters. The molecule has 0 aliphatic carbocycles. The molecular weight excluding hydrogens is 254 g/mol. The van der Waals surface area contributed by atoms with E-state index in [1.165, 1.54) is 16.3 Å². The number of methoxy groups -OCH3 is 1. The van der Waals surface area contributed by atoms with Gasteiger partial charge in [0, 0.05) is 5.56 Å². The molecule has 96 valence electrons. The zero-order valence-electron chi connectivity index (χ0n) is 11.2. The van der Waals surface area contributed by atoms with E-state index in [2.05, 4.69) is 48.3 Å². The molecule has 3 heteroatoms. The lowest BCUT2D eigenvalue weighted by atomic mass is 10.1. The minimum absolute atomic E-state index is 0.888. The highest BCUT2D eigenvalue weighted by Gasteiger charge is 2.09. The summed E-state index contributed by atoms with van der Waals surface area (Å²) in [6, 6.07) is 13.0. The Bertz CT molecular complexity index is 746. The van der Waals surface area contributed by atoms with Crippen LogP contribution >= 0.6 is 11.3 Å². The van der Waals surface area contributed by atoms with Crippen molar-refractivity contribution in [3.05, 3.63) is 47.7 Å². The molecule has 0 saturated heterocycles. The van der Waals surface area contributed by atoms with Crippen molar-refractivity contribution in [1.29, 1.82) is 0 Å². The maximum absolute atomic E-state index is 5.31. The third kappa shape index (κ3) is 2.22. The summed E-state index contributed by atoms with van der Waals surface area (Å²) in [5, 5.41) is 4.41. The van der Waals surface area contributed by atoms with Crippen LogP contribution in [0.2, 0.25) is 0 Å². The second kappa shape index (κ2) is 4.67. The topological polar surface area (TPSA) is 22.1 Å². The first-order valence-corrected chi connectivity index (χ1v) is 7.01. The molecule has 0 N–H and O–H groups in total. The number of rotatable bonds is 2. The summed E-state index contributed by atoms with van der Waals surface area (Å²) in [5.74, 6) is 0. The molecule has 0 amide bonds. The van der Waals surface area contributed by atoms with Crippen LogP contribution in [-0.2, 0) is 0 Å². The molecule has 0 atom stereocenters. The Morgan fingerprint density at radius 2 is 1.74 bits per heavy atom. The van der Waals surface area contributed by atoms with Gasteiger partial charge in [0.2, 0.25) is 0 Å². The van der Waals surface area contributed by atoms with E-state index in [0.29, 0.717) is 0 Å².